The first-order valence-corrected chi connectivity index (χ1v) is 10.5. The Kier molecular flexibility index (Phi) is 6.77. The lowest BCUT2D eigenvalue weighted by atomic mass is 10.0. The Morgan fingerprint density at radius 3 is 2.47 bits per heavy atom. The molecule has 0 aromatic heterocycles. The predicted molar refractivity (Wildman–Crippen MR) is 101 cm³/mol. The number of carbonyl (C=O) groups is 3. The molecule has 162 valence electrons. The summed E-state index contributed by atoms with van der Waals surface area (Å²) < 4.78 is 33.3. The van der Waals surface area contributed by atoms with Crippen LogP contribution in [0.2, 0.25) is 0 Å². The molecule has 1 aliphatic heterocycles. The van der Waals surface area contributed by atoms with Crippen LogP contribution in [0, 0.1) is 10.1 Å². The van der Waals surface area contributed by atoms with Crippen LogP contribution < -0.4 is 10.6 Å². The Balaban J connectivity index is 2.30. The molecule has 2 amide bonds. The van der Waals surface area contributed by atoms with Crippen LogP contribution in [-0.2, 0) is 24.1 Å². The standard InChI is InChI=1S/C17H19N3O9S/c1-4-28-16(22)14-9(2)18-17(23)19-11(14)8-29-15(21)10-5-6-13(30(3,26)27)12(7-10)20(24)25/h5-7,9H,4,8H2,1-3H3,(H2,18,19,23). The number of urea groups is 1. The number of rotatable bonds is 7. The van der Waals surface area contributed by atoms with Crippen molar-refractivity contribution >= 4 is 33.5 Å². The number of esters is 2. The summed E-state index contributed by atoms with van der Waals surface area (Å²) in [6.07, 6.45) is 0.803. The third kappa shape index (κ3) is 5.11. The highest BCUT2D eigenvalue weighted by Crippen LogP contribution is 2.25. The molecule has 1 aromatic carbocycles. The maximum absolute atomic E-state index is 12.3. The molecule has 30 heavy (non-hydrogen) atoms. The van der Waals surface area contributed by atoms with E-state index in [1.54, 1.807) is 13.8 Å². The largest absolute Gasteiger partial charge is 0.463 e. The molecule has 0 saturated heterocycles. The van der Waals surface area contributed by atoms with Crippen molar-refractivity contribution in [2.75, 3.05) is 19.5 Å². The van der Waals surface area contributed by atoms with Crippen molar-refractivity contribution in [3.63, 3.8) is 0 Å². The Morgan fingerprint density at radius 1 is 1.23 bits per heavy atom. The van der Waals surface area contributed by atoms with Gasteiger partial charge in [0.15, 0.2) is 9.84 Å². The molecular formula is C17H19N3O9S. The van der Waals surface area contributed by atoms with Crippen LogP contribution in [0.1, 0.15) is 24.2 Å². The molecule has 12 nitrogen and oxygen atoms in total. The minimum Gasteiger partial charge on any atom is -0.463 e. The van der Waals surface area contributed by atoms with Crippen LogP contribution in [0.5, 0.6) is 0 Å². The van der Waals surface area contributed by atoms with Crippen LogP contribution in [0.25, 0.3) is 0 Å². The number of amides is 2. The van der Waals surface area contributed by atoms with E-state index in [9.17, 15) is 32.9 Å². The summed E-state index contributed by atoms with van der Waals surface area (Å²) in [6, 6.07) is 1.46. The molecule has 1 heterocycles. The van der Waals surface area contributed by atoms with Crippen LogP contribution in [0.4, 0.5) is 10.5 Å². The molecule has 0 aliphatic carbocycles. The Morgan fingerprint density at radius 2 is 1.90 bits per heavy atom. The quantitative estimate of drug-likeness (QED) is 0.350. The van der Waals surface area contributed by atoms with Gasteiger partial charge in [-0.3, -0.25) is 10.1 Å². The molecule has 1 unspecified atom stereocenters. The Labute approximate surface area is 171 Å². The first kappa shape index (κ1) is 22.8. The minimum absolute atomic E-state index is 0.000283. The maximum atomic E-state index is 12.3. The average molecular weight is 441 g/mol. The fraction of sp³-hybridized carbons (Fsp3) is 0.353. The number of carbonyl (C=O) groups excluding carboxylic acids is 3. The van der Waals surface area contributed by atoms with Crippen LogP contribution >= 0.6 is 0 Å². The normalized spacial score (nSPS) is 16.4. The molecule has 1 atom stereocenters. The van der Waals surface area contributed by atoms with E-state index in [-0.39, 0.29) is 23.4 Å². The molecule has 1 aromatic rings. The molecule has 0 spiro atoms. The Hall–Kier alpha value is -3.48. The van der Waals surface area contributed by atoms with E-state index in [2.05, 4.69) is 10.6 Å². The molecule has 13 heteroatoms. The van der Waals surface area contributed by atoms with Crippen molar-refractivity contribution in [2.24, 2.45) is 0 Å². The number of hydrogen-bond donors (Lipinski definition) is 2. The van der Waals surface area contributed by atoms with Gasteiger partial charge in [0.05, 0.1) is 34.4 Å². The average Bonchev–Trinajstić information content (AvgIpc) is 2.64. The molecular weight excluding hydrogens is 422 g/mol. The highest BCUT2D eigenvalue weighted by molar-refractivity contribution is 7.90. The van der Waals surface area contributed by atoms with Crippen LogP contribution in [-0.4, -0.2) is 56.8 Å². The second kappa shape index (κ2) is 8.90. The zero-order chi connectivity index (χ0) is 22.6. The third-order valence-electron chi connectivity index (χ3n) is 4.00. The maximum Gasteiger partial charge on any atom is 0.338 e. The summed E-state index contributed by atoms with van der Waals surface area (Å²) in [6.45, 7) is 2.71. The number of nitrogens with one attached hydrogen (secondary N) is 2. The highest BCUT2D eigenvalue weighted by Gasteiger charge is 2.31. The number of hydrogen-bond acceptors (Lipinski definition) is 9. The lowest BCUT2D eigenvalue weighted by Gasteiger charge is -2.26. The summed E-state index contributed by atoms with van der Waals surface area (Å²) >= 11 is 0. The van der Waals surface area contributed by atoms with Gasteiger partial charge >= 0.3 is 18.0 Å². The van der Waals surface area contributed by atoms with Crippen molar-refractivity contribution in [2.45, 2.75) is 24.8 Å². The van der Waals surface area contributed by atoms with Gasteiger partial charge in [-0.05, 0) is 26.0 Å². The molecule has 0 saturated carbocycles. The van der Waals surface area contributed by atoms with Gasteiger partial charge in [0.25, 0.3) is 5.69 Å². The van der Waals surface area contributed by atoms with E-state index >= 15 is 0 Å². The van der Waals surface area contributed by atoms with Gasteiger partial charge in [-0.2, -0.15) is 0 Å². The summed E-state index contributed by atoms with van der Waals surface area (Å²) in [5.41, 5.74) is -0.995. The SMILES string of the molecule is CCOC(=O)C1=C(COC(=O)c2ccc(S(C)(=O)=O)c([N+](=O)[O-])c2)NC(=O)NC1C. The summed E-state index contributed by atoms with van der Waals surface area (Å²) in [5, 5.41) is 16.0. The molecule has 0 fully saturated rings. The minimum atomic E-state index is -3.89. The van der Waals surface area contributed by atoms with Crippen LogP contribution in [0.3, 0.4) is 0 Å². The Bertz CT molecular complexity index is 1050. The lowest BCUT2D eigenvalue weighted by Crippen LogP contribution is -2.50. The molecule has 1 aliphatic rings. The lowest BCUT2D eigenvalue weighted by molar-refractivity contribution is -0.387. The van der Waals surface area contributed by atoms with Crippen molar-refractivity contribution in [3.8, 4) is 0 Å². The van der Waals surface area contributed by atoms with Crippen molar-refractivity contribution in [1.82, 2.24) is 10.6 Å². The van der Waals surface area contributed by atoms with E-state index < -0.39 is 56.0 Å². The van der Waals surface area contributed by atoms with Gasteiger partial charge in [0.1, 0.15) is 11.5 Å². The molecule has 2 rings (SSSR count). The zero-order valence-electron chi connectivity index (χ0n) is 16.3. The third-order valence-corrected chi connectivity index (χ3v) is 5.15. The fourth-order valence-electron chi connectivity index (χ4n) is 2.71. The van der Waals surface area contributed by atoms with Crippen LogP contribution in [0.15, 0.2) is 34.4 Å². The second-order valence-corrected chi connectivity index (χ2v) is 8.20. The molecule has 0 bridgehead atoms. The number of sulfone groups is 1. The number of ether oxygens (including phenoxy) is 2. The topological polar surface area (TPSA) is 171 Å². The van der Waals surface area contributed by atoms with Crippen molar-refractivity contribution in [1.29, 1.82) is 0 Å². The zero-order valence-corrected chi connectivity index (χ0v) is 17.1. The van der Waals surface area contributed by atoms with Gasteiger partial charge in [-0.1, -0.05) is 0 Å². The molecule has 0 radical (unpaired) electrons. The van der Waals surface area contributed by atoms with Gasteiger partial charge in [0.2, 0.25) is 0 Å². The summed E-state index contributed by atoms with van der Waals surface area (Å²) in [4.78, 5) is 45.9. The first-order valence-electron chi connectivity index (χ1n) is 8.59. The van der Waals surface area contributed by atoms with Gasteiger partial charge in [0, 0.05) is 12.3 Å². The molecule has 2 N–H and O–H groups in total. The number of nitro groups is 1. The van der Waals surface area contributed by atoms with Gasteiger partial charge in [-0.25, -0.2) is 22.8 Å². The van der Waals surface area contributed by atoms with Gasteiger partial charge < -0.3 is 20.1 Å². The smallest absolute Gasteiger partial charge is 0.338 e. The highest BCUT2D eigenvalue weighted by atomic mass is 32.2. The monoisotopic (exact) mass is 441 g/mol. The number of benzene rings is 1. The summed E-state index contributed by atoms with van der Waals surface area (Å²) in [7, 11) is -3.89. The van der Waals surface area contributed by atoms with E-state index in [0.717, 1.165) is 24.5 Å². The fourth-order valence-corrected chi connectivity index (χ4v) is 3.54. The first-order chi connectivity index (χ1) is 14.0. The van der Waals surface area contributed by atoms with E-state index in [0.29, 0.717) is 0 Å². The van der Waals surface area contributed by atoms with Crippen molar-refractivity contribution < 1.29 is 37.2 Å². The van der Waals surface area contributed by atoms with E-state index in [1.165, 1.54) is 0 Å². The summed E-state index contributed by atoms with van der Waals surface area (Å²) in [5.74, 6) is -1.73. The van der Waals surface area contributed by atoms with E-state index in [1.807, 2.05) is 0 Å². The predicted octanol–water partition coefficient (Wildman–Crippen LogP) is 0.674. The number of nitro benzene ring substituents is 1. The van der Waals surface area contributed by atoms with Gasteiger partial charge in [-0.15, -0.1) is 0 Å². The second-order valence-electron chi connectivity index (χ2n) is 6.22. The van der Waals surface area contributed by atoms with E-state index in [4.69, 9.17) is 9.47 Å². The number of nitrogens with zero attached hydrogens (tertiary/aromatic N) is 1. The van der Waals surface area contributed by atoms with Crippen molar-refractivity contribution in [3.05, 3.63) is 45.1 Å².